The Labute approximate surface area is 129 Å². The Morgan fingerprint density at radius 3 is 2.43 bits per heavy atom. The van der Waals surface area contributed by atoms with Crippen molar-refractivity contribution in [1.29, 1.82) is 0 Å². The Hall–Kier alpha value is -2.13. The predicted molar refractivity (Wildman–Crippen MR) is 90.8 cm³/mol. The molecule has 0 radical (unpaired) electrons. The topological polar surface area (TPSA) is 24.9 Å². The number of para-hydroxylation sites is 1. The molecule has 1 N–H and O–H groups in total. The van der Waals surface area contributed by atoms with Gasteiger partial charge in [-0.2, -0.15) is 0 Å². The maximum absolute atomic E-state index is 4.34. The first-order valence-corrected chi connectivity index (χ1v) is 7.94. The zero-order chi connectivity index (χ0) is 14.7. The summed E-state index contributed by atoms with van der Waals surface area (Å²) in [7, 11) is 0. The summed E-state index contributed by atoms with van der Waals surface area (Å²) in [6.45, 7) is 4.25. The number of nitrogens with zero attached hydrogens (tertiary/aromatic N) is 1. The molecule has 0 aliphatic carbocycles. The Morgan fingerprint density at radius 1 is 1.00 bits per heavy atom. The second kappa shape index (κ2) is 6.10. The van der Waals surface area contributed by atoms with Crippen molar-refractivity contribution in [2.45, 2.75) is 19.9 Å². The van der Waals surface area contributed by atoms with E-state index in [1.54, 1.807) is 11.3 Å². The first-order valence-electron chi connectivity index (χ1n) is 7.06. The summed E-state index contributed by atoms with van der Waals surface area (Å²) < 4.78 is 0. The van der Waals surface area contributed by atoms with Gasteiger partial charge < -0.3 is 5.32 Å². The summed E-state index contributed by atoms with van der Waals surface area (Å²) in [5.74, 6) is 0. The molecule has 21 heavy (non-hydrogen) atoms. The van der Waals surface area contributed by atoms with Crippen LogP contribution in [-0.2, 0) is 0 Å². The minimum atomic E-state index is 0.252. The number of nitrogens with one attached hydrogen (secondary N) is 1. The summed E-state index contributed by atoms with van der Waals surface area (Å²) >= 11 is 1.70. The van der Waals surface area contributed by atoms with E-state index in [9.17, 15) is 0 Å². The highest BCUT2D eigenvalue weighted by atomic mass is 32.1. The van der Waals surface area contributed by atoms with Crippen LogP contribution in [0.4, 0.5) is 5.69 Å². The standard InChI is InChI=1S/C18H18N2S/c1-13-18(21-12-19-13)14(2)20-17-11-7-6-10-16(17)15-8-4-3-5-9-15/h3-12,14,20H,1-2H3. The van der Waals surface area contributed by atoms with Gasteiger partial charge in [0.15, 0.2) is 0 Å². The van der Waals surface area contributed by atoms with E-state index < -0.39 is 0 Å². The van der Waals surface area contributed by atoms with Gasteiger partial charge in [-0.15, -0.1) is 11.3 Å². The lowest BCUT2D eigenvalue weighted by atomic mass is 10.0. The monoisotopic (exact) mass is 294 g/mol. The van der Waals surface area contributed by atoms with E-state index in [1.807, 2.05) is 11.6 Å². The third-order valence-electron chi connectivity index (χ3n) is 3.56. The quantitative estimate of drug-likeness (QED) is 0.707. The van der Waals surface area contributed by atoms with Gasteiger partial charge in [-0.1, -0.05) is 48.5 Å². The van der Waals surface area contributed by atoms with E-state index in [0.717, 1.165) is 11.4 Å². The average molecular weight is 294 g/mol. The number of rotatable bonds is 4. The van der Waals surface area contributed by atoms with Crippen molar-refractivity contribution in [2.24, 2.45) is 0 Å². The van der Waals surface area contributed by atoms with E-state index in [0.29, 0.717) is 0 Å². The van der Waals surface area contributed by atoms with Crippen molar-refractivity contribution in [1.82, 2.24) is 4.98 Å². The van der Waals surface area contributed by atoms with E-state index in [-0.39, 0.29) is 6.04 Å². The van der Waals surface area contributed by atoms with Crippen LogP contribution in [0, 0.1) is 6.92 Å². The van der Waals surface area contributed by atoms with Crippen molar-refractivity contribution in [2.75, 3.05) is 5.32 Å². The number of aryl methyl sites for hydroxylation is 1. The van der Waals surface area contributed by atoms with Crippen LogP contribution in [0.25, 0.3) is 11.1 Å². The number of hydrogen-bond donors (Lipinski definition) is 1. The largest absolute Gasteiger partial charge is 0.377 e. The molecule has 1 aromatic heterocycles. The van der Waals surface area contributed by atoms with Gasteiger partial charge in [-0.25, -0.2) is 4.98 Å². The molecular formula is C18H18N2S. The van der Waals surface area contributed by atoms with Crippen molar-refractivity contribution in [3.8, 4) is 11.1 Å². The number of thiazole rings is 1. The first-order chi connectivity index (χ1) is 10.3. The van der Waals surface area contributed by atoms with Crippen molar-refractivity contribution in [3.63, 3.8) is 0 Å². The minimum absolute atomic E-state index is 0.252. The van der Waals surface area contributed by atoms with Crippen LogP contribution < -0.4 is 5.32 Å². The zero-order valence-electron chi connectivity index (χ0n) is 12.2. The predicted octanol–water partition coefficient (Wildman–Crippen LogP) is 5.29. The second-order valence-electron chi connectivity index (χ2n) is 5.08. The van der Waals surface area contributed by atoms with Gasteiger partial charge in [0.05, 0.1) is 17.2 Å². The van der Waals surface area contributed by atoms with Crippen molar-refractivity contribution in [3.05, 3.63) is 70.7 Å². The van der Waals surface area contributed by atoms with Gasteiger partial charge in [0.25, 0.3) is 0 Å². The van der Waals surface area contributed by atoms with Gasteiger partial charge in [-0.05, 0) is 25.5 Å². The highest BCUT2D eigenvalue weighted by molar-refractivity contribution is 7.09. The van der Waals surface area contributed by atoms with E-state index in [4.69, 9.17) is 0 Å². The van der Waals surface area contributed by atoms with E-state index >= 15 is 0 Å². The molecule has 3 aromatic rings. The molecule has 1 atom stereocenters. The number of anilines is 1. The Bertz CT molecular complexity index is 719. The van der Waals surface area contributed by atoms with Crippen molar-refractivity contribution < 1.29 is 0 Å². The first kappa shape index (κ1) is 13.8. The molecule has 0 saturated heterocycles. The smallest absolute Gasteiger partial charge is 0.0798 e. The van der Waals surface area contributed by atoms with E-state index in [1.165, 1.54) is 16.0 Å². The van der Waals surface area contributed by atoms with Crippen LogP contribution in [0.15, 0.2) is 60.1 Å². The van der Waals surface area contributed by atoms with Gasteiger partial charge in [0.1, 0.15) is 0 Å². The molecule has 2 aromatic carbocycles. The molecule has 0 spiro atoms. The van der Waals surface area contributed by atoms with Crippen LogP contribution in [0.3, 0.4) is 0 Å². The van der Waals surface area contributed by atoms with Gasteiger partial charge >= 0.3 is 0 Å². The minimum Gasteiger partial charge on any atom is -0.377 e. The molecule has 3 rings (SSSR count). The summed E-state index contributed by atoms with van der Waals surface area (Å²) in [6, 6.07) is 19.2. The second-order valence-corrected chi connectivity index (χ2v) is 5.97. The van der Waals surface area contributed by atoms with Crippen LogP contribution in [0.2, 0.25) is 0 Å². The van der Waals surface area contributed by atoms with Gasteiger partial charge in [0.2, 0.25) is 0 Å². The highest BCUT2D eigenvalue weighted by Gasteiger charge is 2.13. The fourth-order valence-electron chi connectivity index (χ4n) is 2.50. The molecule has 1 heterocycles. The SMILES string of the molecule is Cc1ncsc1C(C)Nc1ccccc1-c1ccccc1. The molecule has 0 saturated carbocycles. The Kier molecular flexibility index (Phi) is 4.02. The number of benzene rings is 2. The summed E-state index contributed by atoms with van der Waals surface area (Å²) in [5, 5.41) is 3.62. The maximum Gasteiger partial charge on any atom is 0.0798 e. The molecule has 0 amide bonds. The molecule has 0 aliphatic rings. The number of hydrogen-bond acceptors (Lipinski definition) is 3. The van der Waals surface area contributed by atoms with Crippen LogP contribution >= 0.6 is 11.3 Å². The highest BCUT2D eigenvalue weighted by Crippen LogP contribution is 2.31. The molecule has 0 aliphatic heterocycles. The summed E-state index contributed by atoms with van der Waals surface area (Å²) in [5.41, 5.74) is 6.63. The van der Waals surface area contributed by atoms with Crippen LogP contribution in [-0.4, -0.2) is 4.98 Å². The molecule has 2 nitrogen and oxygen atoms in total. The third kappa shape index (κ3) is 2.98. The normalized spacial score (nSPS) is 12.1. The van der Waals surface area contributed by atoms with E-state index in [2.05, 4.69) is 72.7 Å². The molecule has 0 bridgehead atoms. The molecule has 106 valence electrons. The zero-order valence-corrected chi connectivity index (χ0v) is 13.0. The lowest BCUT2D eigenvalue weighted by molar-refractivity contribution is 0.891. The fourth-order valence-corrected chi connectivity index (χ4v) is 3.31. The molecule has 0 fully saturated rings. The maximum atomic E-state index is 4.34. The lowest BCUT2D eigenvalue weighted by Gasteiger charge is -2.17. The Balaban J connectivity index is 1.92. The average Bonchev–Trinajstić information content (AvgIpc) is 2.95. The lowest BCUT2D eigenvalue weighted by Crippen LogP contribution is -2.07. The number of aromatic nitrogens is 1. The summed E-state index contributed by atoms with van der Waals surface area (Å²) in [4.78, 5) is 5.63. The molecule has 1 unspecified atom stereocenters. The fraction of sp³-hybridized carbons (Fsp3) is 0.167. The third-order valence-corrected chi connectivity index (χ3v) is 4.67. The van der Waals surface area contributed by atoms with Crippen LogP contribution in [0.5, 0.6) is 0 Å². The summed E-state index contributed by atoms with van der Waals surface area (Å²) in [6.07, 6.45) is 0. The van der Waals surface area contributed by atoms with Crippen molar-refractivity contribution >= 4 is 17.0 Å². The van der Waals surface area contributed by atoms with Crippen LogP contribution in [0.1, 0.15) is 23.5 Å². The molecular weight excluding hydrogens is 276 g/mol. The van der Waals surface area contributed by atoms with Gasteiger partial charge in [0, 0.05) is 16.1 Å². The Morgan fingerprint density at radius 2 is 1.71 bits per heavy atom. The van der Waals surface area contributed by atoms with Gasteiger partial charge in [-0.3, -0.25) is 0 Å². The molecule has 3 heteroatoms.